The fraction of sp³-hybridized carbons (Fsp3) is 0.577. The fourth-order valence-electron chi connectivity index (χ4n) is 3.88. The van der Waals surface area contributed by atoms with E-state index in [1.165, 1.54) is 0 Å². The Kier molecular flexibility index (Phi) is 16.8. The van der Waals surface area contributed by atoms with Crippen molar-refractivity contribution in [1.29, 1.82) is 0 Å². The second-order valence-electron chi connectivity index (χ2n) is 8.59. The molecule has 0 radical (unpaired) electrons. The highest BCUT2D eigenvalue weighted by Crippen LogP contribution is 2.35. The van der Waals surface area contributed by atoms with E-state index in [-0.39, 0.29) is 24.8 Å². The van der Waals surface area contributed by atoms with Crippen LogP contribution < -0.4 is 14.8 Å². The second kappa shape index (κ2) is 17.4. The number of nitrogens with one attached hydrogen (secondary N) is 1. The van der Waals surface area contributed by atoms with E-state index < -0.39 is 0 Å². The minimum absolute atomic E-state index is 0. The van der Waals surface area contributed by atoms with Gasteiger partial charge >= 0.3 is 0 Å². The molecule has 2 aromatic rings. The third kappa shape index (κ3) is 10.4. The number of thiophene rings is 1. The number of hydrogen-bond donors (Lipinski definition) is 1. The summed E-state index contributed by atoms with van der Waals surface area (Å²) in [7, 11) is 1.69. The van der Waals surface area contributed by atoms with E-state index in [9.17, 15) is 0 Å². The zero-order chi connectivity index (χ0) is 24.4. The van der Waals surface area contributed by atoms with E-state index in [1.54, 1.807) is 18.4 Å². The van der Waals surface area contributed by atoms with Crippen LogP contribution in [0.3, 0.4) is 0 Å². The molecule has 0 bridgehead atoms. The van der Waals surface area contributed by atoms with Gasteiger partial charge in [-0.1, -0.05) is 26.1 Å². The first kappa shape index (κ1) is 33.9. The Labute approximate surface area is 234 Å². The van der Waals surface area contributed by atoms with E-state index in [4.69, 9.17) is 21.7 Å². The Morgan fingerprint density at radius 3 is 2.20 bits per heavy atom. The third-order valence-corrected chi connectivity index (χ3v) is 7.46. The van der Waals surface area contributed by atoms with Crippen molar-refractivity contribution in [2.45, 2.75) is 53.6 Å². The lowest BCUT2D eigenvalue weighted by Crippen LogP contribution is -2.42. The average Bonchev–Trinajstić information content (AvgIpc) is 3.29. The third-order valence-electron chi connectivity index (χ3n) is 5.82. The number of halogens is 2. The topological polar surface area (TPSA) is 37.0 Å². The average molecular weight is 565 g/mol. The maximum atomic E-state index is 6.00. The molecule has 5 nitrogen and oxygen atoms in total. The van der Waals surface area contributed by atoms with Crippen LogP contribution in [-0.2, 0) is 0 Å². The van der Waals surface area contributed by atoms with Gasteiger partial charge in [-0.2, -0.15) is 0 Å². The largest absolute Gasteiger partial charge is 0.493 e. The Bertz CT molecular complexity index is 866. The van der Waals surface area contributed by atoms with Crippen LogP contribution in [0.5, 0.6) is 11.5 Å². The highest BCUT2D eigenvalue weighted by molar-refractivity contribution is 7.81. The number of nitrogens with zero attached hydrogens (tertiary/aromatic N) is 2. The Morgan fingerprint density at radius 1 is 0.971 bits per heavy atom. The monoisotopic (exact) mass is 563 g/mol. The minimum atomic E-state index is 0. The van der Waals surface area contributed by atoms with Crippen LogP contribution in [0.25, 0.3) is 10.4 Å². The van der Waals surface area contributed by atoms with Crippen molar-refractivity contribution in [1.82, 2.24) is 15.1 Å². The summed E-state index contributed by atoms with van der Waals surface area (Å²) in [6.07, 6.45) is 0. The molecule has 0 aliphatic carbocycles. The van der Waals surface area contributed by atoms with Crippen molar-refractivity contribution < 1.29 is 9.47 Å². The van der Waals surface area contributed by atoms with Gasteiger partial charge in [0.05, 0.1) is 12.0 Å². The van der Waals surface area contributed by atoms with E-state index >= 15 is 0 Å². The first-order chi connectivity index (χ1) is 15.8. The number of rotatable bonds is 14. The molecule has 0 aliphatic heterocycles. The maximum Gasteiger partial charge on any atom is 0.161 e. The van der Waals surface area contributed by atoms with Crippen LogP contribution in [0.4, 0.5) is 0 Å². The number of ether oxygens (including phenoxy) is 2. The summed E-state index contributed by atoms with van der Waals surface area (Å²) in [6, 6.07) is 11.4. The summed E-state index contributed by atoms with van der Waals surface area (Å²) in [5, 5.41) is 3.43. The van der Waals surface area contributed by atoms with Crippen LogP contribution in [0.1, 0.15) is 46.4 Å². The lowest BCUT2D eigenvalue weighted by atomic mass is 10.1. The molecule has 200 valence electrons. The second-order valence-corrected chi connectivity index (χ2v) is 10.1. The molecule has 0 spiro atoms. The van der Waals surface area contributed by atoms with Gasteiger partial charge in [-0.25, -0.2) is 0 Å². The van der Waals surface area contributed by atoms with Gasteiger partial charge in [-0.15, -0.1) is 36.2 Å². The predicted molar refractivity (Wildman–Crippen MR) is 161 cm³/mol. The smallest absolute Gasteiger partial charge is 0.161 e. The number of methoxy groups -OCH3 is 1. The number of thiocarbonyl (C=S) groups is 1. The summed E-state index contributed by atoms with van der Waals surface area (Å²) in [6.45, 7) is 18.7. The fourth-order valence-corrected chi connectivity index (χ4v) is 5.09. The first-order valence-corrected chi connectivity index (χ1v) is 13.2. The lowest BCUT2D eigenvalue weighted by Gasteiger charge is -2.30. The van der Waals surface area contributed by atoms with Crippen LogP contribution in [0.2, 0.25) is 0 Å². The van der Waals surface area contributed by atoms with Crippen molar-refractivity contribution >= 4 is 53.4 Å². The van der Waals surface area contributed by atoms with Crippen molar-refractivity contribution in [3.63, 3.8) is 0 Å². The molecule has 1 aromatic heterocycles. The van der Waals surface area contributed by atoms with Gasteiger partial charge in [-0.05, 0) is 76.7 Å². The molecule has 0 aliphatic rings. The summed E-state index contributed by atoms with van der Waals surface area (Å²) >= 11 is 7.36. The molecule has 1 aromatic carbocycles. The number of hydrogen-bond acceptors (Lipinski definition) is 6. The van der Waals surface area contributed by atoms with E-state index in [2.05, 4.69) is 74.9 Å². The quantitative estimate of drug-likeness (QED) is 0.269. The van der Waals surface area contributed by atoms with Gasteiger partial charge in [0, 0.05) is 36.6 Å². The summed E-state index contributed by atoms with van der Waals surface area (Å²) in [4.78, 5) is 7.86. The Morgan fingerprint density at radius 2 is 1.63 bits per heavy atom. The molecule has 35 heavy (non-hydrogen) atoms. The lowest BCUT2D eigenvalue weighted by molar-refractivity contribution is 0.178. The normalized spacial score (nSPS) is 10.9. The Balaban J connectivity index is 0.00000578. The molecule has 0 atom stereocenters. The van der Waals surface area contributed by atoms with Gasteiger partial charge < -0.3 is 19.7 Å². The summed E-state index contributed by atoms with van der Waals surface area (Å²) in [5.74, 6) is 1.53. The SMILES string of the molecule is CCN(CC)CCOc1ccc(-c2ccc(C(=S)NCCN(C(C)C)C(C)C)s2)cc1OC.Cl.Cl. The standard InChI is InChI=1S/C26H41N3O2S2.2ClH/c1-8-28(9-2)16-17-31-22-11-10-21(18-23(22)30-7)24-12-13-25(33-24)26(32)27-14-15-29(19(3)4)20(5)6;;/h10-13,18-20H,8-9,14-17H2,1-7H3,(H,27,32);2*1H. The highest BCUT2D eigenvalue weighted by Gasteiger charge is 2.14. The van der Waals surface area contributed by atoms with Crippen LogP contribution >= 0.6 is 48.4 Å². The van der Waals surface area contributed by atoms with Gasteiger partial charge in [-0.3, -0.25) is 4.90 Å². The van der Waals surface area contributed by atoms with Gasteiger partial charge in [0.25, 0.3) is 0 Å². The first-order valence-electron chi connectivity index (χ1n) is 12.0. The molecule has 9 heteroatoms. The number of benzene rings is 1. The van der Waals surface area contributed by atoms with Crippen molar-refractivity contribution in [3.8, 4) is 21.9 Å². The molecule has 0 fully saturated rings. The molecule has 1 N–H and O–H groups in total. The molecular formula is C26H43Cl2N3O2S2. The van der Waals surface area contributed by atoms with Gasteiger partial charge in [0.2, 0.25) is 0 Å². The molecular weight excluding hydrogens is 521 g/mol. The van der Waals surface area contributed by atoms with Gasteiger partial charge in [0.15, 0.2) is 11.5 Å². The zero-order valence-corrected chi connectivity index (χ0v) is 25.4. The van der Waals surface area contributed by atoms with Crippen molar-refractivity contribution in [3.05, 3.63) is 35.2 Å². The van der Waals surface area contributed by atoms with E-state index in [1.807, 2.05) is 12.1 Å². The summed E-state index contributed by atoms with van der Waals surface area (Å²) in [5.41, 5.74) is 1.10. The highest BCUT2D eigenvalue weighted by atomic mass is 35.5. The van der Waals surface area contributed by atoms with Crippen molar-refractivity contribution in [2.75, 3.05) is 46.4 Å². The van der Waals surface area contributed by atoms with Crippen molar-refractivity contribution in [2.24, 2.45) is 0 Å². The van der Waals surface area contributed by atoms with E-state index in [0.717, 1.165) is 64.5 Å². The minimum Gasteiger partial charge on any atom is -0.493 e. The van der Waals surface area contributed by atoms with Gasteiger partial charge in [0.1, 0.15) is 11.6 Å². The molecule has 0 saturated heterocycles. The van der Waals surface area contributed by atoms with Crippen LogP contribution in [-0.4, -0.2) is 73.3 Å². The Hall–Kier alpha value is -1.09. The molecule has 1 heterocycles. The van der Waals surface area contributed by atoms with E-state index in [0.29, 0.717) is 18.7 Å². The van der Waals surface area contributed by atoms with Crippen LogP contribution in [0.15, 0.2) is 30.3 Å². The molecule has 2 rings (SSSR count). The molecule has 0 unspecified atom stereocenters. The molecule has 0 saturated carbocycles. The zero-order valence-electron chi connectivity index (χ0n) is 22.1. The predicted octanol–water partition coefficient (Wildman–Crippen LogP) is 6.37. The number of likely N-dealkylation sites (N-methyl/N-ethyl adjacent to an activating group) is 1. The maximum absolute atomic E-state index is 6.00. The summed E-state index contributed by atoms with van der Waals surface area (Å²) < 4.78 is 11.6. The molecule has 0 amide bonds. The van der Waals surface area contributed by atoms with Crippen LogP contribution in [0, 0.1) is 0 Å².